The average Bonchev–Trinajstić information content (AvgIpc) is 3.05. The monoisotopic (exact) mass is 298 g/mol. The molecule has 1 aromatic heterocycles. The van der Waals surface area contributed by atoms with Crippen LogP contribution in [0, 0.1) is 5.92 Å². The van der Waals surface area contributed by atoms with E-state index in [0.717, 1.165) is 0 Å². The van der Waals surface area contributed by atoms with Crippen molar-refractivity contribution in [2.45, 2.75) is 38.2 Å². The molecule has 7 nitrogen and oxygen atoms in total. The molecule has 1 fully saturated rings. The van der Waals surface area contributed by atoms with Crippen molar-refractivity contribution in [2.24, 2.45) is 5.92 Å². The second-order valence-corrected chi connectivity index (χ2v) is 6.27. The summed E-state index contributed by atoms with van der Waals surface area (Å²) < 4.78 is 1.45. The summed E-state index contributed by atoms with van der Waals surface area (Å²) in [6, 6.07) is -1.33. The first kappa shape index (κ1) is 14.8. The Kier molecular flexibility index (Phi) is 4.32. The molecule has 0 radical (unpaired) electrons. The van der Waals surface area contributed by atoms with E-state index in [0.29, 0.717) is 5.75 Å². The molecule has 1 aliphatic heterocycles. The Hall–Kier alpha value is -1.57. The molecule has 20 heavy (non-hydrogen) atoms. The summed E-state index contributed by atoms with van der Waals surface area (Å²) in [4.78, 5) is 29.3. The molecule has 1 N–H and O–H groups in total. The van der Waals surface area contributed by atoms with Gasteiger partial charge < -0.3 is 10.0 Å². The van der Waals surface area contributed by atoms with Crippen molar-refractivity contribution in [3.05, 3.63) is 12.7 Å². The first-order valence-electron chi connectivity index (χ1n) is 6.44. The highest BCUT2D eigenvalue weighted by Crippen LogP contribution is 2.35. The molecule has 2 heterocycles. The lowest BCUT2D eigenvalue weighted by atomic mass is 10.1. The zero-order chi connectivity index (χ0) is 14.9. The van der Waals surface area contributed by atoms with Crippen LogP contribution in [0.1, 0.15) is 26.8 Å². The van der Waals surface area contributed by atoms with E-state index in [4.69, 9.17) is 0 Å². The summed E-state index contributed by atoms with van der Waals surface area (Å²) in [5, 5.41) is 13.1. The van der Waals surface area contributed by atoms with Crippen molar-refractivity contribution in [2.75, 3.05) is 5.75 Å². The van der Waals surface area contributed by atoms with Crippen molar-refractivity contribution in [3.63, 3.8) is 0 Å². The fraction of sp³-hybridized carbons (Fsp3) is 0.667. The maximum absolute atomic E-state index is 12.6. The third-order valence-electron chi connectivity index (χ3n) is 3.34. The van der Waals surface area contributed by atoms with Crippen molar-refractivity contribution in [1.82, 2.24) is 19.7 Å². The van der Waals surface area contributed by atoms with Crippen molar-refractivity contribution in [3.8, 4) is 0 Å². The molecular formula is C12H18N4O3S. The minimum atomic E-state index is -0.959. The number of hydrogen-bond acceptors (Lipinski definition) is 5. The number of carboxylic acids is 1. The molecule has 0 aromatic carbocycles. The lowest BCUT2D eigenvalue weighted by Crippen LogP contribution is -2.49. The van der Waals surface area contributed by atoms with Gasteiger partial charge in [0.2, 0.25) is 5.91 Å². The van der Waals surface area contributed by atoms with Crippen molar-refractivity contribution >= 4 is 23.6 Å². The second-order valence-electron chi connectivity index (χ2n) is 5.12. The van der Waals surface area contributed by atoms with Crippen LogP contribution in [0.25, 0.3) is 0 Å². The molecule has 3 atom stereocenters. The summed E-state index contributed by atoms with van der Waals surface area (Å²) in [6.45, 7) is 5.68. The number of hydrogen-bond donors (Lipinski definition) is 1. The van der Waals surface area contributed by atoms with Crippen LogP contribution in [-0.2, 0) is 9.59 Å². The lowest BCUT2D eigenvalue weighted by Gasteiger charge is -2.31. The largest absolute Gasteiger partial charge is 0.480 e. The van der Waals surface area contributed by atoms with E-state index in [9.17, 15) is 14.7 Å². The minimum absolute atomic E-state index is 0.116. The van der Waals surface area contributed by atoms with Gasteiger partial charge in [0, 0.05) is 5.75 Å². The number of carbonyl (C=O) groups is 2. The molecule has 1 saturated heterocycles. The Bertz CT molecular complexity index is 491. The minimum Gasteiger partial charge on any atom is -0.480 e. The predicted molar refractivity (Wildman–Crippen MR) is 74.1 cm³/mol. The number of thioether (sulfide) groups is 1. The van der Waals surface area contributed by atoms with Crippen molar-refractivity contribution in [1.29, 1.82) is 0 Å². The van der Waals surface area contributed by atoms with E-state index in [1.165, 1.54) is 34.0 Å². The van der Waals surface area contributed by atoms with Crippen molar-refractivity contribution < 1.29 is 14.7 Å². The maximum atomic E-state index is 12.6. The predicted octanol–water partition coefficient (Wildman–Crippen LogP) is 0.850. The molecule has 0 bridgehead atoms. The molecule has 3 unspecified atom stereocenters. The summed E-state index contributed by atoms with van der Waals surface area (Å²) in [7, 11) is 0. The van der Waals surface area contributed by atoms with Crippen LogP contribution in [0.3, 0.4) is 0 Å². The van der Waals surface area contributed by atoms with Gasteiger partial charge in [0.25, 0.3) is 0 Å². The van der Waals surface area contributed by atoms with Gasteiger partial charge in [-0.3, -0.25) is 4.79 Å². The molecule has 0 aliphatic carbocycles. The third kappa shape index (κ3) is 2.65. The van der Waals surface area contributed by atoms with Gasteiger partial charge in [0.1, 0.15) is 24.7 Å². The Morgan fingerprint density at radius 2 is 2.10 bits per heavy atom. The zero-order valence-electron chi connectivity index (χ0n) is 11.6. The van der Waals surface area contributed by atoms with Gasteiger partial charge in [-0.2, -0.15) is 5.10 Å². The number of carbonyl (C=O) groups excluding carboxylic acids is 1. The molecule has 0 saturated carbocycles. The number of amides is 1. The topological polar surface area (TPSA) is 88.3 Å². The summed E-state index contributed by atoms with van der Waals surface area (Å²) >= 11 is 1.52. The molecular weight excluding hydrogens is 280 g/mol. The number of rotatable bonds is 4. The van der Waals surface area contributed by atoms with Crippen LogP contribution in [0.15, 0.2) is 12.7 Å². The number of aromatic nitrogens is 3. The first-order valence-corrected chi connectivity index (χ1v) is 7.49. The van der Waals surface area contributed by atoms with Crippen LogP contribution in [0.5, 0.6) is 0 Å². The zero-order valence-corrected chi connectivity index (χ0v) is 12.4. The molecule has 8 heteroatoms. The van der Waals surface area contributed by atoms with E-state index >= 15 is 0 Å². The Morgan fingerprint density at radius 3 is 2.60 bits per heavy atom. The van der Waals surface area contributed by atoms with Gasteiger partial charge in [-0.05, 0) is 12.8 Å². The summed E-state index contributed by atoms with van der Waals surface area (Å²) in [6.07, 6.45) is 2.82. The smallest absolute Gasteiger partial charge is 0.327 e. The molecule has 2 rings (SSSR count). The number of nitrogens with zero attached hydrogens (tertiary/aromatic N) is 4. The molecule has 1 aliphatic rings. The van der Waals surface area contributed by atoms with Gasteiger partial charge in [0.15, 0.2) is 0 Å². The molecule has 1 amide bonds. The Morgan fingerprint density at radius 1 is 1.40 bits per heavy atom. The lowest BCUT2D eigenvalue weighted by molar-refractivity contribution is -0.151. The van der Waals surface area contributed by atoms with E-state index in [2.05, 4.69) is 10.1 Å². The van der Waals surface area contributed by atoms with Gasteiger partial charge in [-0.15, -0.1) is 11.8 Å². The van der Waals surface area contributed by atoms with Crippen LogP contribution in [0.2, 0.25) is 0 Å². The van der Waals surface area contributed by atoms with Crippen LogP contribution >= 0.6 is 11.8 Å². The summed E-state index contributed by atoms with van der Waals surface area (Å²) in [5.41, 5.74) is 0. The average molecular weight is 298 g/mol. The van der Waals surface area contributed by atoms with Gasteiger partial charge in [-0.25, -0.2) is 14.5 Å². The highest BCUT2D eigenvalue weighted by molar-refractivity contribution is 8.00. The highest BCUT2D eigenvalue weighted by atomic mass is 32.2. The van der Waals surface area contributed by atoms with E-state index in [-0.39, 0.29) is 17.2 Å². The maximum Gasteiger partial charge on any atom is 0.327 e. The molecule has 110 valence electrons. The molecule has 0 spiro atoms. The van der Waals surface area contributed by atoms with E-state index in [1.54, 1.807) is 6.92 Å². The van der Waals surface area contributed by atoms with Gasteiger partial charge in [-0.1, -0.05) is 13.8 Å². The number of carboxylic acid groups (broad SMARTS) is 1. The summed E-state index contributed by atoms with van der Waals surface area (Å²) in [5.74, 6) is -0.573. The van der Waals surface area contributed by atoms with E-state index < -0.39 is 18.1 Å². The third-order valence-corrected chi connectivity index (χ3v) is 4.96. The van der Waals surface area contributed by atoms with Gasteiger partial charge in [0.05, 0.1) is 5.37 Å². The quantitative estimate of drug-likeness (QED) is 0.886. The normalized spacial score (nSPS) is 24.1. The number of aliphatic carboxylic acids is 1. The molecule has 1 aromatic rings. The van der Waals surface area contributed by atoms with E-state index in [1.807, 2.05) is 13.8 Å². The van der Waals surface area contributed by atoms with Crippen LogP contribution < -0.4 is 0 Å². The van der Waals surface area contributed by atoms with Crippen LogP contribution in [0.4, 0.5) is 0 Å². The van der Waals surface area contributed by atoms with Gasteiger partial charge >= 0.3 is 5.97 Å². The Labute approximate surface area is 121 Å². The standard InChI is InChI=1S/C12H18N4O3S/c1-7(2)11-16(9(4-20-11)12(18)19)10(17)8(3)15-6-13-5-14-15/h5-9,11H,4H2,1-3H3,(H,18,19). The Balaban J connectivity index is 2.25. The SMILES string of the molecule is CC(C)C1SCC(C(=O)O)N1C(=O)C(C)n1cncn1. The second kappa shape index (κ2) is 5.82. The fourth-order valence-corrected chi connectivity index (χ4v) is 3.74. The highest BCUT2D eigenvalue weighted by Gasteiger charge is 2.44. The fourth-order valence-electron chi connectivity index (χ4n) is 2.26. The first-order chi connectivity index (χ1) is 9.43. The van der Waals surface area contributed by atoms with Crippen LogP contribution in [-0.4, -0.2) is 53.8 Å².